The van der Waals surface area contributed by atoms with E-state index in [0.717, 1.165) is 57.1 Å². The normalized spacial score (nSPS) is 35.4. The zero-order valence-corrected chi connectivity index (χ0v) is 13.5. The largest absolute Gasteiger partial charge is 0.389 e. The summed E-state index contributed by atoms with van der Waals surface area (Å²) in [6, 6.07) is 0. The number of rotatable bonds is 7. The van der Waals surface area contributed by atoms with Crippen LogP contribution in [0.3, 0.4) is 0 Å². The molecule has 4 nitrogen and oxygen atoms in total. The first kappa shape index (κ1) is 15.7. The number of likely N-dealkylation sites (N-methyl/N-ethyl adjacent to an activating group) is 1. The van der Waals surface area contributed by atoms with Crippen LogP contribution in [0.2, 0.25) is 0 Å². The lowest BCUT2D eigenvalue weighted by Gasteiger charge is -2.33. The molecule has 3 aliphatic rings. The van der Waals surface area contributed by atoms with Gasteiger partial charge in [-0.05, 0) is 50.5 Å². The van der Waals surface area contributed by atoms with Crippen LogP contribution in [0.5, 0.6) is 0 Å². The molecule has 1 saturated heterocycles. The van der Waals surface area contributed by atoms with Gasteiger partial charge in [0.15, 0.2) is 0 Å². The van der Waals surface area contributed by atoms with Gasteiger partial charge in [0, 0.05) is 39.3 Å². The number of fused-ring (bicyclic) bond motifs is 2. The third-order valence-corrected chi connectivity index (χ3v) is 5.89. The fraction of sp³-hybridized carbons (Fsp3) is 1.00. The molecule has 0 unspecified atom stereocenters. The van der Waals surface area contributed by atoms with Crippen molar-refractivity contribution in [3.05, 3.63) is 0 Å². The molecule has 0 amide bonds. The second-order valence-electron chi connectivity index (χ2n) is 7.56. The smallest absolute Gasteiger partial charge is 0.0900 e. The second kappa shape index (κ2) is 7.40. The van der Waals surface area contributed by atoms with E-state index in [2.05, 4.69) is 16.8 Å². The van der Waals surface area contributed by atoms with Crippen molar-refractivity contribution in [2.45, 2.75) is 38.2 Å². The van der Waals surface area contributed by atoms with Crippen LogP contribution in [-0.2, 0) is 4.74 Å². The number of hydrogen-bond donors (Lipinski definition) is 1. The molecule has 3 fully saturated rings. The molecule has 1 N–H and O–H groups in total. The lowest BCUT2D eigenvalue weighted by atomic mass is 9.87. The van der Waals surface area contributed by atoms with E-state index in [1.54, 1.807) is 0 Å². The predicted molar refractivity (Wildman–Crippen MR) is 84.3 cm³/mol. The van der Waals surface area contributed by atoms with Gasteiger partial charge >= 0.3 is 0 Å². The maximum atomic E-state index is 10.1. The van der Waals surface area contributed by atoms with E-state index in [9.17, 15) is 5.11 Å². The molecule has 2 saturated carbocycles. The average molecular weight is 296 g/mol. The van der Waals surface area contributed by atoms with Gasteiger partial charge in [0.25, 0.3) is 0 Å². The van der Waals surface area contributed by atoms with Crippen molar-refractivity contribution < 1.29 is 9.84 Å². The Morgan fingerprint density at radius 2 is 1.95 bits per heavy atom. The zero-order chi connectivity index (χ0) is 14.7. The van der Waals surface area contributed by atoms with Crippen molar-refractivity contribution in [1.82, 2.24) is 9.80 Å². The van der Waals surface area contributed by atoms with E-state index in [0.29, 0.717) is 6.61 Å². The van der Waals surface area contributed by atoms with Crippen LogP contribution in [-0.4, -0.2) is 74.0 Å². The van der Waals surface area contributed by atoms with Gasteiger partial charge in [-0.25, -0.2) is 0 Å². The zero-order valence-electron chi connectivity index (χ0n) is 13.5. The van der Waals surface area contributed by atoms with Crippen molar-refractivity contribution in [2.75, 3.05) is 53.0 Å². The lowest BCUT2D eigenvalue weighted by molar-refractivity contribution is 0.00395. The van der Waals surface area contributed by atoms with Crippen LogP contribution in [0.4, 0.5) is 0 Å². The minimum absolute atomic E-state index is 0.326. The fourth-order valence-corrected chi connectivity index (χ4v) is 4.57. The molecule has 4 heteroatoms. The molecule has 3 rings (SSSR count). The maximum Gasteiger partial charge on any atom is 0.0900 e. The minimum Gasteiger partial charge on any atom is -0.389 e. The quantitative estimate of drug-likeness (QED) is 0.721. The van der Waals surface area contributed by atoms with Crippen LogP contribution in [0.25, 0.3) is 0 Å². The molecule has 1 heterocycles. The number of β-amino-alcohol motifs (C(OH)–C–C–N with tert-alkyl or cyclic N) is 1. The number of hydrogen-bond acceptors (Lipinski definition) is 4. The highest BCUT2D eigenvalue weighted by Gasteiger charge is 2.38. The van der Waals surface area contributed by atoms with Gasteiger partial charge in [-0.1, -0.05) is 6.42 Å². The summed E-state index contributed by atoms with van der Waals surface area (Å²) >= 11 is 0. The van der Waals surface area contributed by atoms with E-state index in [1.165, 1.54) is 32.1 Å². The van der Waals surface area contributed by atoms with Gasteiger partial charge < -0.3 is 14.7 Å². The van der Waals surface area contributed by atoms with Crippen molar-refractivity contribution in [3.63, 3.8) is 0 Å². The predicted octanol–water partition coefficient (Wildman–Crippen LogP) is 1.44. The highest BCUT2D eigenvalue weighted by Crippen LogP contribution is 2.49. The molecule has 2 aliphatic carbocycles. The summed E-state index contributed by atoms with van der Waals surface area (Å²) < 4.78 is 5.74. The van der Waals surface area contributed by atoms with Gasteiger partial charge in [-0.3, -0.25) is 4.90 Å². The van der Waals surface area contributed by atoms with Gasteiger partial charge in [-0.15, -0.1) is 0 Å². The first-order valence-electron chi connectivity index (χ1n) is 8.87. The molecular formula is C17H32N2O2. The van der Waals surface area contributed by atoms with E-state index < -0.39 is 0 Å². The topological polar surface area (TPSA) is 35.9 Å². The highest BCUT2D eigenvalue weighted by molar-refractivity contribution is 4.89. The van der Waals surface area contributed by atoms with E-state index >= 15 is 0 Å². The Morgan fingerprint density at radius 3 is 2.62 bits per heavy atom. The molecule has 0 spiro atoms. The molecule has 0 aromatic carbocycles. The summed E-state index contributed by atoms with van der Waals surface area (Å²) in [5.41, 5.74) is 0. The van der Waals surface area contributed by atoms with Crippen molar-refractivity contribution in [1.29, 1.82) is 0 Å². The summed E-state index contributed by atoms with van der Waals surface area (Å²) in [7, 11) is 2.16. The van der Waals surface area contributed by atoms with E-state index in [1.807, 2.05) is 0 Å². The standard InChI is InChI=1S/C17H32N2O2/c1-18-5-7-19(8-6-18)12-17(20)13-21-9-4-16-11-14-2-3-15(16)10-14/h14-17,20H,2-13H2,1H3/t14-,15-,16-,17-/m1/s1. The van der Waals surface area contributed by atoms with Gasteiger partial charge in [0.05, 0.1) is 12.7 Å². The Bertz CT molecular complexity index is 318. The summed E-state index contributed by atoms with van der Waals surface area (Å²) in [6.45, 7) is 6.47. The average Bonchev–Trinajstić information content (AvgIpc) is 3.09. The van der Waals surface area contributed by atoms with Gasteiger partial charge in [0.2, 0.25) is 0 Å². The lowest BCUT2D eigenvalue weighted by Crippen LogP contribution is -2.47. The van der Waals surface area contributed by atoms with Crippen LogP contribution in [0, 0.1) is 17.8 Å². The van der Waals surface area contributed by atoms with Crippen LogP contribution >= 0.6 is 0 Å². The number of piperazine rings is 1. The van der Waals surface area contributed by atoms with Crippen LogP contribution in [0.15, 0.2) is 0 Å². The van der Waals surface area contributed by atoms with E-state index in [4.69, 9.17) is 4.74 Å². The van der Waals surface area contributed by atoms with Crippen molar-refractivity contribution >= 4 is 0 Å². The highest BCUT2D eigenvalue weighted by atomic mass is 16.5. The fourth-order valence-electron chi connectivity index (χ4n) is 4.57. The van der Waals surface area contributed by atoms with Crippen LogP contribution < -0.4 is 0 Å². The Hall–Kier alpha value is -0.160. The molecule has 0 aromatic heterocycles. The number of ether oxygens (including phenoxy) is 1. The molecule has 0 aromatic rings. The first-order chi connectivity index (χ1) is 10.2. The Morgan fingerprint density at radius 1 is 1.14 bits per heavy atom. The number of aliphatic hydroxyl groups is 1. The molecule has 0 radical (unpaired) electrons. The maximum absolute atomic E-state index is 10.1. The van der Waals surface area contributed by atoms with Crippen molar-refractivity contribution in [2.24, 2.45) is 17.8 Å². The molecule has 122 valence electrons. The molecule has 1 aliphatic heterocycles. The Balaban J connectivity index is 1.24. The Kier molecular flexibility index (Phi) is 5.54. The van der Waals surface area contributed by atoms with Gasteiger partial charge in [0.1, 0.15) is 0 Å². The molecular weight excluding hydrogens is 264 g/mol. The summed E-state index contributed by atoms with van der Waals surface area (Å²) in [6.07, 6.45) is 6.75. The Labute approximate surface area is 129 Å². The summed E-state index contributed by atoms with van der Waals surface area (Å²) in [5, 5.41) is 10.1. The van der Waals surface area contributed by atoms with Crippen molar-refractivity contribution in [3.8, 4) is 0 Å². The third kappa shape index (κ3) is 4.41. The second-order valence-corrected chi connectivity index (χ2v) is 7.56. The van der Waals surface area contributed by atoms with Crippen LogP contribution in [0.1, 0.15) is 32.1 Å². The molecule has 21 heavy (non-hydrogen) atoms. The monoisotopic (exact) mass is 296 g/mol. The molecule has 4 atom stereocenters. The number of aliphatic hydroxyl groups excluding tert-OH is 1. The molecule has 2 bridgehead atoms. The van der Waals surface area contributed by atoms with E-state index in [-0.39, 0.29) is 6.10 Å². The summed E-state index contributed by atoms with van der Waals surface area (Å²) in [4.78, 5) is 4.69. The SMILES string of the molecule is CN1CCN(C[C@@H](O)COCC[C@@H]2C[C@@H]3CC[C@@H]2C3)CC1. The minimum atomic E-state index is -0.326. The first-order valence-corrected chi connectivity index (χ1v) is 8.87. The third-order valence-electron chi connectivity index (χ3n) is 5.89. The number of nitrogens with zero attached hydrogens (tertiary/aromatic N) is 2. The van der Waals surface area contributed by atoms with Gasteiger partial charge in [-0.2, -0.15) is 0 Å². The summed E-state index contributed by atoms with van der Waals surface area (Å²) in [5.74, 6) is 2.94.